The van der Waals surface area contributed by atoms with E-state index in [-0.39, 0.29) is 0 Å². The molecule has 0 fully saturated rings. The van der Waals surface area contributed by atoms with Gasteiger partial charge in [-0.3, -0.25) is 4.79 Å². The molecule has 0 aliphatic carbocycles. The van der Waals surface area contributed by atoms with Gasteiger partial charge in [-0.15, -0.1) is 0 Å². The summed E-state index contributed by atoms with van der Waals surface area (Å²) in [5, 5.41) is 12.0. The SMILES string of the molecule is N#Cc1cc(C(F)F)c(S(N)(=O)=O)[nH]c1=O. The molecular formula is C7H5F2N3O3S. The highest BCUT2D eigenvalue weighted by Crippen LogP contribution is 2.23. The molecular weight excluding hydrogens is 244 g/mol. The van der Waals surface area contributed by atoms with Gasteiger partial charge in [0.15, 0.2) is 5.03 Å². The van der Waals surface area contributed by atoms with E-state index in [9.17, 15) is 22.0 Å². The summed E-state index contributed by atoms with van der Waals surface area (Å²) in [6, 6.07) is 1.86. The summed E-state index contributed by atoms with van der Waals surface area (Å²) in [5.41, 5.74) is -2.70. The summed E-state index contributed by atoms with van der Waals surface area (Å²) in [7, 11) is -4.47. The Morgan fingerprint density at radius 3 is 2.44 bits per heavy atom. The minimum absolute atomic E-state index is 0.503. The number of aromatic nitrogens is 1. The summed E-state index contributed by atoms with van der Waals surface area (Å²) >= 11 is 0. The van der Waals surface area contributed by atoms with Crippen molar-refractivity contribution in [3.05, 3.63) is 27.5 Å². The zero-order valence-corrected chi connectivity index (χ0v) is 8.38. The Morgan fingerprint density at radius 2 is 2.06 bits per heavy atom. The van der Waals surface area contributed by atoms with Gasteiger partial charge in [0.25, 0.3) is 22.0 Å². The molecule has 0 unspecified atom stereocenters. The highest BCUT2D eigenvalue weighted by molar-refractivity contribution is 7.89. The fraction of sp³-hybridized carbons (Fsp3) is 0.143. The summed E-state index contributed by atoms with van der Waals surface area (Å²) in [4.78, 5) is 12.7. The van der Waals surface area contributed by atoms with Crippen LogP contribution in [-0.4, -0.2) is 13.4 Å². The van der Waals surface area contributed by atoms with E-state index in [0.717, 1.165) is 0 Å². The molecule has 6 nitrogen and oxygen atoms in total. The first-order chi connectivity index (χ1) is 7.27. The zero-order chi connectivity index (χ0) is 12.5. The van der Waals surface area contributed by atoms with Gasteiger partial charge < -0.3 is 4.98 Å². The van der Waals surface area contributed by atoms with Crippen LogP contribution in [0.5, 0.6) is 0 Å². The van der Waals surface area contributed by atoms with Gasteiger partial charge in [0.05, 0.1) is 5.56 Å². The molecule has 0 aliphatic rings. The average Bonchev–Trinajstić information content (AvgIpc) is 2.15. The third kappa shape index (κ3) is 2.23. The van der Waals surface area contributed by atoms with Crippen molar-refractivity contribution in [1.82, 2.24) is 4.98 Å². The van der Waals surface area contributed by atoms with Crippen molar-refractivity contribution in [2.24, 2.45) is 5.14 Å². The third-order valence-electron chi connectivity index (χ3n) is 1.67. The van der Waals surface area contributed by atoms with Crippen molar-refractivity contribution in [3.8, 4) is 6.07 Å². The number of pyridine rings is 1. The molecule has 0 amide bonds. The molecule has 1 aromatic rings. The molecule has 0 saturated carbocycles. The maximum absolute atomic E-state index is 12.5. The molecule has 1 heterocycles. The lowest BCUT2D eigenvalue weighted by molar-refractivity contribution is 0.147. The minimum Gasteiger partial charge on any atom is -0.310 e. The molecule has 0 aliphatic heterocycles. The van der Waals surface area contributed by atoms with Crippen molar-refractivity contribution in [2.45, 2.75) is 11.5 Å². The molecule has 1 aromatic heterocycles. The number of nitriles is 1. The molecule has 0 aromatic carbocycles. The third-order valence-corrected chi connectivity index (χ3v) is 2.58. The molecule has 86 valence electrons. The number of hydrogen-bond donors (Lipinski definition) is 2. The average molecular weight is 249 g/mol. The molecule has 0 radical (unpaired) electrons. The topological polar surface area (TPSA) is 117 Å². The van der Waals surface area contributed by atoms with Crippen LogP contribution in [0, 0.1) is 11.3 Å². The minimum atomic E-state index is -4.47. The van der Waals surface area contributed by atoms with Crippen LogP contribution in [0.25, 0.3) is 0 Å². The first kappa shape index (κ1) is 12.3. The lowest BCUT2D eigenvalue weighted by atomic mass is 10.2. The predicted octanol–water partition coefficient (Wildman–Crippen LogP) is -0.168. The van der Waals surface area contributed by atoms with E-state index in [1.807, 2.05) is 0 Å². The van der Waals surface area contributed by atoms with Crippen LogP contribution in [0.2, 0.25) is 0 Å². The number of hydrogen-bond acceptors (Lipinski definition) is 4. The second-order valence-corrected chi connectivity index (χ2v) is 4.25. The van der Waals surface area contributed by atoms with Gasteiger partial charge in [-0.1, -0.05) is 0 Å². The fourth-order valence-electron chi connectivity index (χ4n) is 1.01. The Bertz CT molecular complexity index is 615. The fourth-order valence-corrected chi connectivity index (χ4v) is 1.72. The number of nitrogens with one attached hydrogen (secondary N) is 1. The first-order valence-electron chi connectivity index (χ1n) is 3.75. The highest BCUT2D eigenvalue weighted by atomic mass is 32.2. The summed E-state index contributed by atoms with van der Waals surface area (Å²) in [6.45, 7) is 0. The van der Waals surface area contributed by atoms with Crippen molar-refractivity contribution in [3.63, 3.8) is 0 Å². The Balaban J connectivity index is 3.71. The van der Waals surface area contributed by atoms with E-state index in [1.54, 1.807) is 4.98 Å². The number of halogens is 2. The lowest BCUT2D eigenvalue weighted by Crippen LogP contribution is -2.23. The van der Waals surface area contributed by atoms with Gasteiger partial charge in [0.2, 0.25) is 0 Å². The summed E-state index contributed by atoms with van der Waals surface area (Å²) in [5.74, 6) is 0. The number of nitrogens with zero attached hydrogens (tertiary/aromatic N) is 1. The highest BCUT2D eigenvalue weighted by Gasteiger charge is 2.23. The molecule has 16 heavy (non-hydrogen) atoms. The molecule has 0 saturated heterocycles. The number of primary sulfonamides is 1. The monoisotopic (exact) mass is 249 g/mol. The van der Waals surface area contributed by atoms with Crippen molar-refractivity contribution >= 4 is 10.0 Å². The van der Waals surface area contributed by atoms with Crippen LogP contribution in [0.4, 0.5) is 8.78 Å². The van der Waals surface area contributed by atoms with E-state index >= 15 is 0 Å². The summed E-state index contributed by atoms with van der Waals surface area (Å²) in [6.07, 6.45) is -3.17. The molecule has 9 heteroatoms. The standard InChI is InChI=1S/C7H5F2N3O3S/c8-5(9)4-1-3(2-10)6(13)12-7(4)16(11,14)15/h1,5H,(H,12,13)(H2,11,14,15). The first-order valence-corrected chi connectivity index (χ1v) is 5.30. The van der Waals surface area contributed by atoms with Gasteiger partial charge >= 0.3 is 0 Å². The quantitative estimate of drug-likeness (QED) is 0.756. The van der Waals surface area contributed by atoms with Crippen LogP contribution in [-0.2, 0) is 10.0 Å². The molecule has 0 spiro atoms. The van der Waals surface area contributed by atoms with Gasteiger partial charge in [-0.25, -0.2) is 22.3 Å². The van der Waals surface area contributed by atoms with Crippen molar-refractivity contribution in [1.29, 1.82) is 5.26 Å². The van der Waals surface area contributed by atoms with Crippen molar-refractivity contribution in [2.75, 3.05) is 0 Å². The number of alkyl halides is 2. The smallest absolute Gasteiger partial charge is 0.266 e. The van der Waals surface area contributed by atoms with E-state index in [4.69, 9.17) is 5.26 Å². The van der Waals surface area contributed by atoms with Crippen LogP contribution >= 0.6 is 0 Å². The zero-order valence-electron chi connectivity index (χ0n) is 7.57. The Labute approximate surface area is 88.4 Å². The van der Waals surface area contributed by atoms with Gasteiger partial charge in [-0.05, 0) is 6.07 Å². The van der Waals surface area contributed by atoms with Crippen LogP contribution in [0.1, 0.15) is 17.6 Å². The van der Waals surface area contributed by atoms with Gasteiger partial charge in [0.1, 0.15) is 11.6 Å². The Hall–Kier alpha value is -1.79. The molecule has 0 bridgehead atoms. The second-order valence-electron chi connectivity index (χ2n) is 2.75. The molecule has 1 rings (SSSR count). The molecule has 0 atom stereocenters. The van der Waals surface area contributed by atoms with E-state index in [1.165, 1.54) is 6.07 Å². The number of nitrogens with two attached hydrogens (primary N) is 1. The predicted molar refractivity (Wildman–Crippen MR) is 48.1 cm³/mol. The summed E-state index contributed by atoms with van der Waals surface area (Å²) < 4.78 is 46.7. The lowest BCUT2D eigenvalue weighted by Gasteiger charge is -2.06. The Morgan fingerprint density at radius 1 is 1.50 bits per heavy atom. The van der Waals surface area contributed by atoms with Gasteiger partial charge in [0, 0.05) is 0 Å². The van der Waals surface area contributed by atoms with Crippen molar-refractivity contribution < 1.29 is 17.2 Å². The van der Waals surface area contributed by atoms with Gasteiger partial charge in [-0.2, -0.15) is 5.26 Å². The number of rotatable bonds is 2. The molecule has 3 N–H and O–H groups in total. The maximum Gasteiger partial charge on any atom is 0.266 e. The van der Waals surface area contributed by atoms with Crippen LogP contribution in [0.15, 0.2) is 15.9 Å². The largest absolute Gasteiger partial charge is 0.310 e. The number of aromatic amines is 1. The van der Waals surface area contributed by atoms with E-state index < -0.39 is 38.2 Å². The van der Waals surface area contributed by atoms with Crippen LogP contribution in [0.3, 0.4) is 0 Å². The maximum atomic E-state index is 12.5. The Kier molecular flexibility index (Phi) is 3.06. The van der Waals surface area contributed by atoms with Crippen LogP contribution < -0.4 is 10.7 Å². The number of sulfonamides is 1. The number of H-pyrrole nitrogens is 1. The van der Waals surface area contributed by atoms with E-state index in [0.29, 0.717) is 6.07 Å². The second kappa shape index (κ2) is 3.99. The van der Waals surface area contributed by atoms with E-state index in [2.05, 4.69) is 5.14 Å². The normalized spacial score (nSPS) is 11.4.